The van der Waals surface area contributed by atoms with Crippen molar-refractivity contribution < 1.29 is 18.3 Å². The van der Waals surface area contributed by atoms with Gasteiger partial charge in [-0.15, -0.1) is 0 Å². The van der Waals surface area contributed by atoms with Gasteiger partial charge in [0, 0.05) is 6.54 Å². The first-order chi connectivity index (χ1) is 8.81. The molecule has 0 radical (unpaired) electrons. The lowest BCUT2D eigenvalue weighted by atomic mass is 10.1. The van der Waals surface area contributed by atoms with Crippen molar-refractivity contribution in [3.8, 4) is 0 Å². The Morgan fingerprint density at radius 3 is 2.26 bits per heavy atom. The van der Waals surface area contributed by atoms with Gasteiger partial charge >= 0.3 is 6.18 Å². The van der Waals surface area contributed by atoms with Crippen molar-refractivity contribution in [1.82, 2.24) is 4.90 Å². The number of halogens is 3. The molecule has 0 aliphatic carbocycles. The molecule has 1 aromatic carbocycles. The van der Waals surface area contributed by atoms with E-state index in [0.717, 1.165) is 5.56 Å². The topological polar surface area (TPSA) is 23.5 Å². The fourth-order valence-electron chi connectivity index (χ4n) is 1.94. The molecule has 0 aliphatic rings. The Morgan fingerprint density at radius 1 is 1.21 bits per heavy atom. The Hall–Kier alpha value is -1.07. The monoisotopic (exact) mass is 275 g/mol. The lowest BCUT2D eigenvalue weighted by Crippen LogP contribution is -2.37. The number of rotatable bonds is 6. The molecule has 5 heteroatoms. The van der Waals surface area contributed by atoms with Crippen molar-refractivity contribution in [2.75, 3.05) is 19.6 Å². The average molecular weight is 275 g/mol. The first kappa shape index (κ1) is 16.0. The highest BCUT2D eigenvalue weighted by Gasteiger charge is 2.31. The molecular weight excluding hydrogens is 255 g/mol. The van der Waals surface area contributed by atoms with E-state index in [9.17, 15) is 18.3 Å². The predicted molar refractivity (Wildman–Crippen MR) is 68.9 cm³/mol. The van der Waals surface area contributed by atoms with Crippen molar-refractivity contribution >= 4 is 0 Å². The molecule has 0 aromatic heterocycles. The first-order valence-electron chi connectivity index (χ1n) is 6.35. The van der Waals surface area contributed by atoms with Crippen LogP contribution in [-0.4, -0.2) is 35.8 Å². The summed E-state index contributed by atoms with van der Waals surface area (Å²) in [6.45, 7) is 3.08. The van der Waals surface area contributed by atoms with Gasteiger partial charge in [-0.2, -0.15) is 13.2 Å². The Bertz CT molecular complexity index is 375. The zero-order chi connectivity index (χ0) is 14.5. The van der Waals surface area contributed by atoms with Crippen LogP contribution in [0, 0.1) is 6.92 Å². The molecule has 0 aliphatic heterocycles. The molecule has 1 atom stereocenters. The summed E-state index contributed by atoms with van der Waals surface area (Å²) in [5, 5.41) is 10.00. The summed E-state index contributed by atoms with van der Waals surface area (Å²) in [6, 6.07) is 7.17. The lowest BCUT2D eigenvalue weighted by Gasteiger charge is -2.25. The molecule has 1 unspecified atom stereocenters. The summed E-state index contributed by atoms with van der Waals surface area (Å²) in [5.74, 6) is 0. The van der Waals surface area contributed by atoms with Crippen molar-refractivity contribution in [3.63, 3.8) is 0 Å². The molecule has 0 spiro atoms. The van der Waals surface area contributed by atoms with Gasteiger partial charge in [0.25, 0.3) is 0 Å². The van der Waals surface area contributed by atoms with Crippen LogP contribution in [0.3, 0.4) is 0 Å². The van der Waals surface area contributed by atoms with Crippen LogP contribution < -0.4 is 0 Å². The molecule has 0 heterocycles. The highest BCUT2D eigenvalue weighted by Crippen LogP contribution is 2.20. The molecule has 1 rings (SSSR count). The van der Waals surface area contributed by atoms with Crippen molar-refractivity contribution in [3.05, 3.63) is 35.4 Å². The molecule has 0 bridgehead atoms. The van der Waals surface area contributed by atoms with E-state index in [1.165, 1.54) is 4.90 Å². The van der Waals surface area contributed by atoms with Crippen LogP contribution in [0.1, 0.15) is 30.6 Å². The number of nitrogens with zero attached hydrogens (tertiary/aromatic N) is 1. The number of aliphatic hydroxyl groups excluding tert-OH is 1. The second-order valence-corrected chi connectivity index (χ2v) is 4.78. The minimum absolute atomic E-state index is 0.00356. The SMILES string of the molecule is CCCN(CC(O)c1ccc(C)cc1)CC(F)(F)F. The van der Waals surface area contributed by atoms with Crippen molar-refractivity contribution in [1.29, 1.82) is 0 Å². The third kappa shape index (κ3) is 6.07. The highest BCUT2D eigenvalue weighted by molar-refractivity contribution is 5.23. The molecule has 108 valence electrons. The van der Waals surface area contributed by atoms with Crippen LogP contribution in [0.4, 0.5) is 13.2 Å². The van der Waals surface area contributed by atoms with Crippen LogP contribution in [-0.2, 0) is 0 Å². The van der Waals surface area contributed by atoms with Gasteiger partial charge in [-0.3, -0.25) is 4.90 Å². The Balaban J connectivity index is 2.65. The fraction of sp³-hybridized carbons (Fsp3) is 0.571. The molecule has 0 saturated heterocycles. The molecule has 1 aromatic rings. The van der Waals surface area contributed by atoms with E-state index in [4.69, 9.17) is 0 Å². The van der Waals surface area contributed by atoms with Gasteiger partial charge in [-0.25, -0.2) is 0 Å². The zero-order valence-corrected chi connectivity index (χ0v) is 11.2. The number of aryl methyl sites for hydroxylation is 1. The van der Waals surface area contributed by atoms with E-state index < -0.39 is 18.8 Å². The first-order valence-corrected chi connectivity index (χ1v) is 6.35. The summed E-state index contributed by atoms with van der Waals surface area (Å²) >= 11 is 0. The van der Waals surface area contributed by atoms with Crippen LogP contribution in [0.5, 0.6) is 0 Å². The maximum Gasteiger partial charge on any atom is 0.401 e. The maximum atomic E-state index is 12.4. The minimum atomic E-state index is -4.23. The van der Waals surface area contributed by atoms with E-state index in [0.29, 0.717) is 18.5 Å². The van der Waals surface area contributed by atoms with Gasteiger partial charge in [0.15, 0.2) is 0 Å². The van der Waals surface area contributed by atoms with Crippen LogP contribution >= 0.6 is 0 Å². The number of alkyl halides is 3. The summed E-state index contributed by atoms with van der Waals surface area (Å²) in [7, 11) is 0. The number of benzene rings is 1. The second-order valence-electron chi connectivity index (χ2n) is 4.78. The van der Waals surface area contributed by atoms with E-state index in [2.05, 4.69) is 0 Å². The average Bonchev–Trinajstić information content (AvgIpc) is 2.27. The molecule has 19 heavy (non-hydrogen) atoms. The van der Waals surface area contributed by atoms with E-state index >= 15 is 0 Å². The molecule has 2 nitrogen and oxygen atoms in total. The summed E-state index contributed by atoms with van der Waals surface area (Å²) in [6.07, 6.45) is -4.51. The summed E-state index contributed by atoms with van der Waals surface area (Å²) in [5.41, 5.74) is 1.70. The zero-order valence-electron chi connectivity index (χ0n) is 11.2. The van der Waals surface area contributed by atoms with Gasteiger partial charge in [0.05, 0.1) is 12.6 Å². The third-order valence-electron chi connectivity index (χ3n) is 2.84. The van der Waals surface area contributed by atoms with Crippen molar-refractivity contribution in [2.45, 2.75) is 32.5 Å². The van der Waals surface area contributed by atoms with Crippen LogP contribution in [0.15, 0.2) is 24.3 Å². The normalized spacial score (nSPS) is 13.8. The summed E-state index contributed by atoms with van der Waals surface area (Å²) < 4.78 is 37.2. The van der Waals surface area contributed by atoms with E-state index in [-0.39, 0.29) is 6.54 Å². The van der Waals surface area contributed by atoms with Crippen LogP contribution in [0.25, 0.3) is 0 Å². The standard InChI is InChI=1S/C14H20F3NO/c1-3-8-18(10-14(15,16)17)9-13(19)12-6-4-11(2)5-7-12/h4-7,13,19H,3,8-10H2,1-2H3. The Kier molecular flexibility index (Phi) is 5.82. The lowest BCUT2D eigenvalue weighted by molar-refractivity contribution is -0.148. The molecule has 0 amide bonds. The largest absolute Gasteiger partial charge is 0.401 e. The molecule has 0 saturated carbocycles. The fourth-order valence-corrected chi connectivity index (χ4v) is 1.94. The van der Waals surface area contributed by atoms with Gasteiger partial charge in [0.1, 0.15) is 0 Å². The minimum Gasteiger partial charge on any atom is -0.387 e. The Morgan fingerprint density at radius 2 is 1.79 bits per heavy atom. The van der Waals surface area contributed by atoms with Gasteiger partial charge in [-0.1, -0.05) is 36.8 Å². The molecule has 0 fully saturated rings. The number of hydrogen-bond donors (Lipinski definition) is 1. The highest BCUT2D eigenvalue weighted by atomic mass is 19.4. The second kappa shape index (κ2) is 6.91. The van der Waals surface area contributed by atoms with Crippen LogP contribution in [0.2, 0.25) is 0 Å². The Labute approximate surface area is 111 Å². The quantitative estimate of drug-likeness (QED) is 0.861. The van der Waals surface area contributed by atoms with Gasteiger partial charge in [-0.05, 0) is 25.5 Å². The molecule has 1 N–H and O–H groups in total. The smallest absolute Gasteiger partial charge is 0.387 e. The van der Waals surface area contributed by atoms with Gasteiger partial charge < -0.3 is 5.11 Å². The van der Waals surface area contributed by atoms with E-state index in [1.807, 2.05) is 26.0 Å². The van der Waals surface area contributed by atoms with E-state index in [1.54, 1.807) is 12.1 Å². The summed E-state index contributed by atoms with van der Waals surface area (Å²) in [4.78, 5) is 1.24. The van der Waals surface area contributed by atoms with Crippen molar-refractivity contribution in [2.24, 2.45) is 0 Å². The predicted octanol–water partition coefficient (Wildman–Crippen LogP) is 3.30. The van der Waals surface area contributed by atoms with Gasteiger partial charge in [0.2, 0.25) is 0 Å². The third-order valence-corrected chi connectivity index (χ3v) is 2.84. The number of hydrogen-bond acceptors (Lipinski definition) is 2. The molecular formula is C14H20F3NO. The number of aliphatic hydroxyl groups is 1. The maximum absolute atomic E-state index is 12.4.